The van der Waals surface area contributed by atoms with Crippen molar-refractivity contribution in [3.63, 3.8) is 0 Å². The highest BCUT2D eigenvalue weighted by Gasteiger charge is 2.24. The zero-order valence-electron chi connectivity index (χ0n) is 12.4. The van der Waals surface area contributed by atoms with Gasteiger partial charge in [-0.1, -0.05) is 22.9 Å². The Morgan fingerprint density at radius 2 is 1.92 bits per heavy atom. The Morgan fingerprint density at radius 3 is 2.50 bits per heavy atom. The molecule has 3 N–H and O–H groups in total. The molecule has 0 radical (unpaired) electrons. The minimum Gasteiger partial charge on any atom is -0.506 e. The maximum absolute atomic E-state index is 12.8. The van der Waals surface area contributed by atoms with E-state index in [0.29, 0.717) is 27.0 Å². The topological polar surface area (TPSA) is 99.8 Å². The number of halogens is 1. The van der Waals surface area contributed by atoms with Gasteiger partial charge in [0.2, 0.25) is 0 Å². The van der Waals surface area contributed by atoms with Crippen molar-refractivity contribution >= 4 is 45.7 Å². The Hall–Kier alpha value is -2.51. The van der Waals surface area contributed by atoms with Crippen molar-refractivity contribution in [1.82, 2.24) is 4.57 Å². The van der Waals surface area contributed by atoms with E-state index in [1.165, 1.54) is 28.8 Å². The average molecular weight is 366 g/mol. The molecule has 6 nitrogen and oxygen atoms in total. The van der Waals surface area contributed by atoms with Gasteiger partial charge in [-0.2, -0.15) is 0 Å². The molecule has 0 aliphatic rings. The molecule has 3 rings (SSSR count). The predicted molar refractivity (Wildman–Crippen MR) is 90.4 cm³/mol. The van der Waals surface area contributed by atoms with Gasteiger partial charge in [0.1, 0.15) is 5.75 Å². The van der Waals surface area contributed by atoms with Crippen molar-refractivity contribution in [3.05, 3.63) is 45.4 Å². The van der Waals surface area contributed by atoms with Crippen LogP contribution in [0.5, 0.6) is 10.8 Å². The number of carbonyl (C=O) groups is 2. The van der Waals surface area contributed by atoms with Crippen LogP contribution in [0.15, 0.2) is 24.3 Å². The van der Waals surface area contributed by atoms with Gasteiger partial charge in [-0.05, 0) is 36.8 Å². The smallest absolute Gasteiger partial charge is 0.307 e. The summed E-state index contributed by atoms with van der Waals surface area (Å²) >= 11 is 7.07. The fourth-order valence-corrected chi connectivity index (χ4v) is 3.66. The molecule has 0 aliphatic heterocycles. The number of carbonyl (C=O) groups excluding carboxylic acids is 1. The number of aliphatic carboxylic acids is 1. The van der Waals surface area contributed by atoms with Crippen LogP contribution in [0.3, 0.4) is 0 Å². The number of aromatic nitrogens is 1. The van der Waals surface area contributed by atoms with Gasteiger partial charge in [0.15, 0.2) is 5.06 Å². The van der Waals surface area contributed by atoms with Crippen LogP contribution in [0, 0.1) is 6.92 Å². The van der Waals surface area contributed by atoms with Crippen molar-refractivity contribution in [2.75, 3.05) is 0 Å². The first-order chi connectivity index (χ1) is 11.3. The maximum atomic E-state index is 12.8. The van der Waals surface area contributed by atoms with E-state index in [9.17, 15) is 19.8 Å². The van der Waals surface area contributed by atoms with E-state index in [1.807, 2.05) is 0 Å². The Labute approximate surface area is 145 Å². The van der Waals surface area contributed by atoms with Crippen LogP contribution in [0.2, 0.25) is 5.02 Å². The molecule has 24 heavy (non-hydrogen) atoms. The summed E-state index contributed by atoms with van der Waals surface area (Å²) in [5.41, 5.74) is 1.20. The third kappa shape index (κ3) is 2.51. The number of nitrogens with zero attached hydrogens (tertiary/aromatic N) is 1. The van der Waals surface area contributed by atoms with E-state index in [1.54, 1.807) is 6.92 Å². The first kappa shape index (κ1) is 16.4. The molecule has 0 saturated heterocycles. The summed E-state index contributed by atoms with van der Waals surface area (Å²) in [6.07, 6.45) is -0.332. The SMILES string of the molecule is Cc1c(CC(=O)O)c2c(Cl)c(O)ccc2n1C(=O)c1ccc(O)s1. The van der Waals surface area contributed by atoms with Gasteiger partial charge in [-0.25, -0.2) is 0 Å². The van der Waals surface area contributed by atoms with Gasteiger partial charge < -0.3 is 15.3 Å². The Bertz CT molecular complexity index is 988. The zero-order valence-corrected chi connectivity index (χ0v) is 14.0. The summed E-state index contributed by atoms with van der Waals surface area (Å²) in [6, 6.07) is 5.77. The van der Waals surface area contributed by atoms with Crippen molar-refractivity contribution in [2.45, 2.75) is 13.3 Å². The third-order valence-corrected chi connectivity index (χ3v) is 5.01. The maximum Gasteiger partial charge on any atom is 0.307 e. The number of phenolic OH excluding ortho intramolecular Hbond substituents is 1. The van der Waals surface area contributed by atoms with Crippen LogP contribution >= 0.6 is 22.9 Å². The third-order valence-electron chi connectivity index (χ3n) is 3.75. The molecule has 0 atom stereocenters. The number of benzene rings is 1. The second kappa shape index (κ2) is 5.85. The van der Waals surface area contributed by atoms with Gasteiger partial charge >= 0.3 is 5.97 Å². The fraction of sp³-hybridized carbons (Fsp3) is 0.125. The number of hydrogen-bond donors (Lipinski definition) is 3. The Balaban J connectivity index is 2.32. The molecule has 0 fully saturated rings. The molecule has 0 bridgehead atoms. The lowest BCUT2D eigenvalue weighted by molar-refractivity contribution is -0.136. The summed E-state index contributed by atoms with van der Waals surface area (Å²) in [5.74, 6) is -1.66. The summed E-state index contributed by atoms with van der Waals surface area (Å²) in [6.45, 7) is 1.62. The van der Waals surface area contributed by atoms with Crippen LogP contribution < -0.4 is 0 Å². The van der Waals surface area contributed by atoms with Gasteiger partial charge in [0.05, 0.1) is 21.8 Å². The van der Waals surface area contributed by atoms with Crippen LogP contribution in [0.1, 0.15) is 20.9 Å². The highest BCUT2D eigenvalue weighted by molar-refractivity contribution is 7.15. The molecule has 124 valence electrons. The van der Waals surface area contributed by atoms with Crippen LogP contribution in [0.25, 0.3) is 10.9 Å². The molecule has 8 heteroatoms. The van der Waals surface area contributed by atoms with Crippen molar-refractivity contribution in [3.8, 4) is 10.8 Å². The van der Waals surface area contributed by atoms with Gasteiger partial charge in [0, 0.05) is 11.1 Å². The van der Waals surface area contributed by atoms with Crippen molar-refractivity contribution in [1.29, 1.82) is 0 Å². The first-order valence-electron chi connectivity index (χ1n) is 6.88. The largest absolute Gasteiger partial charge is 0.506 e. The van der Waals surface area contributed by atoms with Gasteiger partial charge in [-0.3, -0.25) is 14.2 Å². The van der Waals surface area contributed by atoms with Gasteiger partial charge in [-0.15, -0.1) is 0 Å². The molecule has 0 spiro atoms. The van der Waals surface area contributed by atoms with Crippen LogP contribution in [-0.4, -0.2) is 31.8 Å². The van der Waals surface area contributed by atoms with E-state index in [4.69, 9.17) is 16.7 Å². The van der Waals surface area contributed by atoms with E-state index in [0.717, 1.165) is 11.3 Å². The number of carboxylic acids is 1. The van der Waals surface area contributed by atoms with Crippen LogP contribution in [0.4, 0.5) is 0 Å². The lowest BCUT2D eigenvalue weighted by Crippen LogP contribution is -2.12. The summed E-state index contributed by atoms with van der Waals surface area (Å²) in [7, 11) is 0. The molecule has 0 unspecified atom stereocenters. The number of rotatable bonds is 3. The standard InChI is InChI=1S/C16H12ClNO5S/c1-7-8(6-12(20)21)14-9(2-3-10(19)15(14)17)18(7)16(23)11-4-5-13(22)24-11/h2-5,19,22H,6H2,1H3,(H,20,21). The van der Waals surface area contributed by atoms with E-state index >= 15 is 0 Å². The quantitative estimate of drug-likeness (QED) is 0.660. The molecule has 0 saturated carbocycles. The molecule has 3 aromatic rings. The Morgan fingerprint density at radius 1 is 1.21 bits per heavy atom. The zero-order chi connectivity index (χ0) is 17.6. The van der Waals surface area contributed by atoms with Crippen molar-refractivity contribution in [2.24, 2.45) is 0 Å². The number of hydrogen-bond acceptors (Lipinski definition) is 5. The monoisotopic (exact) mass is 365 g/mol. The second-order valence-corrected chi connectivity index (χ2v) is 6.65. The summed E-state index contributed by atoms with van der Waals surface area (Å²) < 4.78 is 1.35. The highest BCUT2D eigenvalue weighted by atomic mass is 35.5. The van der Waals surface area contributed by atoms with E-state index < -0.39 is 11.9 Å². The number of aromatic hydroxyl groups is 2. The Kier molecular flexibility index (Phi) is 3.98. The average Bonchev–Trinajstić information content (AvgIpc) is 3.05. The molecule has 0 amide bonds. The molecule has 2 aromatic heterocycles. The summed E-state index contributed by atoms with van der Waals surface area (Å²) in [5, 5.41) is 28.8. The summed E-state index contributed by atoms with van der Waals surface area (Å²) in [4.78, 5) is 24.3. The van der Waals surface area contributed by atoms with Crippen molar-refractivity contribution < 1.29 is 24.9 Å². The molecular formula is C16H12ClNO5S. The minimum absolute atomic E-state index is 0.00688. The lowest BCUT2D eigenvalue weighted by Gasteiger charge is -2.05. The molecule has 2 heterocycles. The predicted octanol–water partition coefficient (Wildman–Crippen LogP) is 3.39. The van der Waals surface area contributed by atoms with E-state index in [2.05, 4.69) is 0 Å². The lowest BCUT2D eigenvalue weighted by atomic mass is 10.1. The minimum atomic E-state index is -1.07. The molecular weight excluding hydrogens is 354 g/mol. The molecule has 1 aromatic carbocycles. The number of carboxylic acid groups (broad SMARTS) is 1. The number of thiophene rings is 1. The highest BCUT2D eigenvalue weighted by Crippen LogP contribution is 2.38. The first-order valence-corrected chi connectivity index (χ1v) is 8.07. The van der Waals surface area contributed by atoms with Gasteiger partial charge in [0.25, 0.3) is 5.91 Å². The fourth-order valence-electron chi connectivity index (χ4n) is 2.71. The molecule has 0 aliphatic carbocycles. The number of phenols is 1. The normalized spacial score (nSPS) is 11.1. The number of fused-ring (bicyclic) bond motifs is 1. The van der Waals surface area contributed by atoms with E-state index in [-0.39, 0.29) is 22.3 Å². The van der Waals surface area contributed by atoms with Crippen LogP contribution in [-0.2, 0) is 11.2 Å². The second-order valence-electron chi connectivity index (χ2n) is 5.21.